The third-order valence-electron chi connectivity index (χ3n) is 2.55. The van der Waals surface area contributed by atoms with Crippen LogP contribution in [0.5, 0.6) is 0 Å². The molecule has 2 heteroatoms. The second-order valence-corrected chi connectivity index (χ2v) is 3.87. The number of methoxy groups -OCH3 is 1. The van der Waals surface area contributed by atoms with Gasteiger partial charge in [-0.05, 0) is 37.8 Å². The number of carbonyl (C=O) groups excluding carboxylic acids is 1. The lowest BCUT2D eigenvalue weighted by Crippen LogP contribution is -2.18. The van der Waals surface area contributed by atoms with Crippen LogP contribution in [-0.2, 0) is 9.53 Å². The van der Waals surface area contributed by atoms with E-state index in [0.29, 0.717) is 5.92 Å². The molecular formula is C12H22O2. The van der Waals surface area contributed by atoms with Crippen LogP contribution in [0.4, 0.5) is 0 Å². The van der Waals surface area contributed by atoms with Gasteiger partial charge >= 0.3 is 0 Å². The van der Waals surface area contributed by atoms with Crippen LogP contribution in [0.2, 0.25) is 0 Å². The van der Waals surface area contributed by atoms with Gasteiger partial charge in [-0.15, -0.1) is 0 Å². The summed E-state index contributed by atoms with van der Waals surface area (Å²) >= 11 is 0. The van der Waals surface area contributed by atoms with Gasteiger partial charge < -0.3 is 4.74 Å². The summed E-state index contributed by atoms with van der Waals surface area (Å²) in [4.78, 5) is 11.1. The summed E-state index contributed by atoms with van der Waals surface area (Å²) < 4.78 is 5.36. The van der Waals surface area contributed by atoms with Gasteiger partial charge in [-0.25, -0.2) is 0 Å². The zero-order valence-electron chi connectivity index (χ0n) is 9.96. The molecule has 2 unspecified atom stereocenters. The van der Waals surface area contributed by atoms with Crippen molar-refractivity contribution < 1.29 is 9.53 Å². The Morgan fingerprint density at radius 3 is 2.36 bits per heavy atom. The molecule has 0 rings (SSSR count). The second-order valence-electron chi connectivity index (χ2n) is 3.87. The van der Waals surface area contributed by atoms with Crippen molar-refractivity contribution in [3.63, 3.8) is 0 Å². The number of hydrogen-bond acceptors (Lipinski definition) is 2. The van der Waals surface area contributed by atoms with E-state index in [1.807, 2.05) is 13.0 Å². The van der Waals surface area contributed by atoms with E-state index in [9.17, 15) is 4.79 Å². The molecule has 0 bridgehead atoms. The Morgan fingerprint density at radius 1 is 1.43 bits per heavy atom. The lowest BCUT2D eigenvalue weighted by Gasteiger charge is -2.19. The molecule has 0 spiro atoms. The number of ether oxygens (including phenoxy) is 1. The molecule has 0 aliphatic rings. The minimum absolute atomic E-state index is 0.0684. The van der Waals surface area contributed by atoms with Gasteiger partial charge in [0.05, 0.1) is 6.10 Å². The van der Waals surface area contributed by atoms with E-state index in [-0.39, 0.29) is 11.9 Å². The lowest BCUT2D eigenvalue weighted by atomic mass is 9.97. The number of hydrogen-bond donors (Lipinski definition) is 0. The predicted molar refractivity (Wildman–Crippen MR) is 59.3 cm³/mol. The summed E-state index contributed by atoms with van der Waals surface area (Å²) in [6.45, 7) is 7.74. The van der Waals surface area contributed by atoms with Crippen LogP contribution >= 0.6 is 0 Å². The highest BCUT2D eigenvalue weighted by molar-refractivity contribution is 5.92. The fourth-order valence-electron chi connectivity index (χ4n) is 1.45. The third kappa shape index (κ3) is 4.56. The molecule has 0 aliphatic heterocycles. The summed E-state index contributed by atoms with van der Waals surface area (Å²) in [5.41, 5.74) is 0.791. The molecule has 2 nitrogen and oxygen atoms in total. The highest BCUT2D eigenvalue weighted by Gasteiger charge is 2.14. The largest absolute Gasteiger partial charge is 0.377 e. The molecule has 0 heterocycles. The van der Waals surface area contributed by atoms with Gasteiger partial charge in [0.25, 0.3) is 0 Å². The average molecular weight is 198 g/mol. The van der Waals surface area contributed by atoms with Gasteiger partial charge in [0.15, 0.2) is 5.78 Å². The van der Waals surface area contributed by atoms with Gasteiger partial charge in [0.2, 0.25) is 0 Å². The van der Waals surface area contributed by atoms with Gasteiger partial charge in [-0.1, -0.05) is 20.3 Å². The van der Waals surface area contributed by atoms with E-state index in [4.69, 9.17) is 4.74 Å². The average Bonchev–Trinajstić information content (AvgIpc) is 2.13. The molecular weight excluding hydrogens is 176 g/mol. The quantitative estimate of drug-likeness (QED) is 0.613. The minimum Gasteiger partial charge on any atom is -0.377 e. The van der Waals surface area contributed by atoms with Crippen molar-refractivity contribution in [2.45, 2.75) is 46.6 Å². The van der Waals surface area contributed by atoms with Crippen LogP contribution in [0.15, 0.2) is 11.6 Å². The fourth-order valence-corrected chi connectivity index (χ4v) is 1.45. The SMILES string of the molecule is CCCC(C)C(/C=C(\C)C(C)=O)OC. The molecule has 0 aliphatic carbocycles. The second kappa shape index (κ2) is 6.77. The van der Waals surface area contributed by atoms with Gasteiger partial charge in [0.1, 0.15) is 0 Å². The van der Waals surface area contributed by atoms with E-state index in [1.165, 1.54) is 0 Å². The van der Waals surface area contributed by atoms with Crippen molar-refractivity contribution in [3.8, 4) is 0 Å². The van der Waals surface area contributed by atoms with E-state index in [1.54, 1.807) is 14.0 Å². The maximum Gasteiger partial charge on any atom is 0.155 e. The lowest BCUT2D eigenvalue weighted by molar-refractivity contribution is -0.113. The zero-order chi connectivity index (χ0) is 11.1. The van der Waals surface area contributed by atoms with Crippen LogP contribution in [0.3, 0.4) is 0 Å². The van der Waals surface area contributed by atoms with Crippen molar-refractivity contribution in [3.05, 3.63) is 11.6 Å². The topological polar surface area (TPSA) is 26.3 Å². The fraction of sp³-hybridized carbons (Fsp3) is 0.750. The third-order valence-corrected chi connectivity index (χ3v) is 2.55. The first-order valence-electron chi connectivity index (χ1n) is 5.25. The van der Waals surface area contributed by atoms with Crippen molar-refractivity contribution in [2.24, 2.45) is 5.92 Å². The molecule has 0 N–H and O–H groups in total. The first-order valence-corrected chi connectivity index (χ1v) is 5.25. The van der Waals surface area contributed by atoms with Gasteiger partial charge in [0, 0.05) is 7.11 Å². The molecule has 0 saturated carbocycles. The van der Waals surface area contributed by atoms with E-state index >= 15 is 0 Å². The molecule has 82 valence electrons. The molecule has 0 aromatic heterocycles. The monoisotopic (exact) mass is 198 g/mol. The first-order chi connectivity index (χ1) is 6.52. The molecule has 0 fully saturated rings. The van der Waals surface area contributed by atoms with Crippen LogP contribution in [0.25, 0.3) is 0 Å². The molecule has 14 heavy (non-hydrogen) atoms. The Balaban J connectivity index is 4.41. The summed E-state index contributed by atoms with van der Waals surface area (Å²) in [7, 11) is 1.70. The van der Waals surface area contributed by atoms with Crippen molar-refractivity contribution in [1.29, 1.82) is 0 Å². The number of Topliss-reactive ketones (excluding diaryl/α,β-unsaturated/α-hetero) is 1. The number of ketones is 1. The Morgan fingerprint density at radius 2 is 2.00 bits per heavy atom. The summed E-state index contributed by atoms with van der Waals surface area (Å²) in [5.74, 6) is 0.593. The minimum atomic E-state index is 0.0684. The maximum absolute atomic E-state index is 11.1. The molecule has 2 atom stereocenters. The molecule has 0 saturated heterocycles. The molecule has 0 amide bonds. The van der Waals surface area contributed by atoms with Crippen molar-refractivity contribution in [1.82, 2.24) is 0 Å². The van der Waals surface area contributed by atoms with E-state index in [0.717, 1.165) is 18.4 Å². The van der Waals surface area contributed by atoms with Gasteiger partial charge in [-0.2, -0.15) is 0 Å². The molecule has 0 aromatic carbocycles. The Bertz CT molecular complexity index is 206. The summed E-state index contributed by atoms with van der Waals surface area (Å²) in [6, 6.07) is 0. The standard InChI is InChI=1S/C12H22O2/c1-6-7-9(2)12(14-5)8-10(3)11(4)13/h8-9,12H,6-7H2,1-5H3/b10-8+. The van der Waals surface area contributed by atoms with Crippen LogP contribution in [-0.4, -0.2) is 19.0 Å². The Labute approximate surface area is 87.3 Å². The van der Waals surface area contributed by atoms with Crippen LogP contribution < -0.4 is 0 Å². The zero-order valence-corrected chi connectivity index (χ0v) is 9.96. The van der Waals surface area contributed by atoms with Crippen molar-refractivity contribution >= 4 is 5.78 Å². The highest BCUT2D eigenvalue weighted by Crippen LogP contribution is 2.16. The normalized spacial score (nSPS) is 16.5. The Hall–Kier alpha value is -0.630. The van der Waals surface area contributed by atoms with Crippen molar-refractivity contribution in [2.75, 3.05) is 7.11 Å². The molecule has 0 radical (unpaired) electrons. The van der Waals surface area contributed by atoms with E-state index in [2.05, 4.69) is 13.8 Å². The maximum atomic E-state index is 11.1. The van der Waals surface area contributed by atoms with Crippen LogP contribution in [0, 0.1) is 5.92 Å². The number of rotatable bonds is 6. The predicted octanol–water partition coefficient (Wildman–Crippen LogP) is 2.97. The summed E-state index contributed by atoms with van der Waals surface area (Å²) in [5, 5.41) is 0. The number of carbonyl (C=O) groups is 1. The summed E-state index contributed by atoms with van der Waals surface area (Å²) in [6.07, 6.45) is 4.27. The van der Waals surface area contributed by atoms with E-state index < -0.39 is 0 Å². The molecule has 0 aromatic rings. The van der Waals surface area contributed by atoms with Crippen LogP contribution in [0.1, 0.15) is 40.5 Å². The highest BCUT2D eigenvalue weighted by atomic mass is 16.5. The Kier molecular flexibility index (Phi) is 6.46. The van der Waals surface area contributed by atoms with Gasteiger partial charge in [-0.3, -0.25) is 4.79 Å². The smallest absolute Gasteiger partial charge is 0.155 e. The number of allylic oxidation sites excluding steroid dienone is 1. The first kappa shape index (κ1) is 13.4.